The maximum absolute atomic E-state index is 14.8. The van der Waals surface area contributed by atoms with Gasteiger partial charge in [-0.05, 0) is 43.9 Å². The van der Waals surface area contributed by atoms with Crippen molar-refractivity contribution in [2.24, 2.45) is 11.8 Å². The maximum atomic E-state index is 14.8. The van der Waals surface area contributed by atoms with Crippen molar-refractivity contribution in [2.75, 3.05) is 19.6 Å². The van der Waals surface area contributed by atoms with Gasteiger partial charge in [0, 0.05) is 56.4 Å². The van der Waals surface area contributed by atoms with Crippen LogP contribution in [-0.4, -0.2) is 103 Å². The number of allylic oxidation sites excluding steroid dienone is 2. The highest BCUT2D eigenvalue weighted by atomic mass is 19.1. The summed E-state index contributed by atoms with van der Waals surface area (Å²) >= 11 is 0. The number of aliphatic hydroxyl groups is 1. The van der Waals surface area contributed by atoms with Crippen molar-refractivity contribution in [3.8, 4) is 11.3 Å². The number of alkyl halides is 1. The Labute approximate surface area is 312 Å². The smallest absolute Gasteiger partial charge is 0.329 e. The zero-order valence-electron chi connectivity index (χ0n) is 30.6. The number of oxazole rings is 1. The predicted octanol–water partition coefficient (Wildman–Crippen LogP) is 3.14. The van der Waals surface area contributed by atoms with Crippen LogP contribution < -0.4 is 10.6 Å². The monoisotopic (exact) mass is 746 g/mol. The first kappa shape index (κ1) is 39.7. The Morgan fingerprint density at radius 3 is 2.81 bits per heavy atom. The minimum atomic E-state index is -1.50. The Morgan fingerprint density at radius 2 is 2.04 bits per heavy atom. The lowest BCUT2D eigenvalue weighted by Gasteiger charge is -2.30. The van der Waals surface area contributed by atoms with E-state index in [0.29, 0.717) is 30.7 Å². The van der Waals surface area contributed by atoms with Gasteiger partial charge in [0.25, 0.3) is 5.91 Å². The zero-order valence-corrected chi connectivity index (χ0v) is 30.6. The minimum Gasteiger partial charge on any atom is -0.460 e. The zero-order chi connectivity index (χ0) is 38.6. The van der Waals surface area contributed by atoms with Crippen molar-refractivity contribution in [1.29, 1.82) is 0 Å². The maximum Gasteiger partial charge on any atom is 0.329 e. The van der Waals surface area contributed by atoms with Crippen LogP contribution in [0.2, 0.25) is 0 Å². The molecule has 5 heterocycles. The second kappa shape index (κ2) is 19.0. The van der Waals surface area contributed by atoms with Crippen molar-refractivity contribution in [3.05, 3.63) is 84.5 Å². The quantitative estimate of drug-likeness (QED) is 0.301. The van der Waals surface area contributed by atoms with Gasteiger partial charge in [-0.2, -0.15) is 0 Å². The summed E-state index contributed by atoms with van der Waals surface area (Å²) in [6.07, 6.45) is 10.9. The average Bonchev–Trinajstić information content (AvgIpc) is 3.92. The molecule has 0 radical (unpaired) electrons. The fraction of sp³-hybridized carbons (Fsp3) is 0.474. The van der Waals surface area contributed by atoms with Gasteiger partial charge < -0.3 is 29.8 Å². The van der Waals surface area contributed by atoms with Crippen molar-refractivity contribution < 1.29 is 37.8 Å². The van der Waals surface area contributed by atoms with Crippen molar-refractivity contribution >= 4 is 23.7 Å². The number of aromatic nitrogens is 5. The van der Waals surface area contributed by atoms with E-state index in [4.69, 9.17) is 9.15 Å². The molecule has 0 spiro atoms. The Hall–Kier alpha value is -5.51. The average molecular weight is 747 g/mol. The minimum absolute atomic E-state index is 0.00495. The standard InChI is InChI=1S/C38H47FN8O7/c1-24(2)36-26(18-34(50)42-14-16-46-22-30(44-45-46)27-8-5-12-40-21-27)10-11-33(49)41-13-4-7-25(3)17-29(48)19-28(39)20-35-43-31(23-53-35)37(51)47-15-6-9-32(47)38(52)54-36/h4-5,7-8,10-12,17,21-24,26,28-29,32,36,48H,6,9,13-16,18-20H2,1-3H3,(H,41,49)(H,42,50)/b7-4+,11-10+,25-17+. The first-order chi connectivity index (χ1) is 26.0. The van der Waals surface area contributed by atoms with Gasteiger partial charge in [-0.1, -0.05) is 48.9 Å². The number of carbonyl (C=O) groups excluding carboxylic acids is 4. The van der Waals surface area contributed by atoms with Crippen LogP contribution in [0.1, 0.15) is 62.8 Å². The number of hydrogen-bond acceptors (Lipinski definition) is 11. The number of carbonyl (C=O) groups is 4. The molecule has 16 heteroatoms. The molecule has 0 saturated carbocycles. The van der Waals surface area contributed by atoms with Gasteiger partial charge >= 0.3 is 5.97 Å². The van der Waals surface area contributed by atoms with Crippen LogP contribution in [0.3, 0.4) is 0 Å². The second-order valence-electron chi connectivity index (χ2n) is 13.8. The Morgan fingerprint density at radius 1 is 1.20 bits per heavy atom. The molecule has 1 saturated heterocycles. The highest BCUT2D eigenvalue weighted by Crippen LogP contribution is 2.27. The number of nitrogens with one attached hydrogen (secondary N) is 2. The summed E-state index contributed by atoms with van der Waals surface area (Å²) in [5.41, 5.74) is 2.05. The molecule has 5 rings (SSSR count). The number of halogens is 1. The molecule has 2 bridgehead atoms. The highest BCUT2D eigenvalue weighted by Gasteiger charge is 2.39. The first-order valence-electron chi connectivity index (χ1n) is 18.1. The molecule has 288 valence electrons. The highest BCUT2D eigenvalue weighted by molar-refractivity contribution is 5.95. The van der Waals surface area contributed by atoms with E-state index < -0.39 is 48.1 Å². The molecule has 15 nitrogen and oxygen atoms in total. The topological polar surface area (TPSA) is 195 Å². The summed E-state index contributed by atoms with van der Waals surface area (Å²) in [7, 11) is 0. The van der Waals surface area contributed by atoms with E-state index in [0.717, 1.165) is 11.8 Å². The molecule has 3 aromatic rings. The number of esters is 1. The van der Waals surface area contributed by atoms with E-state index in [1.165, 1.54) is 17.1 Å². The van der Waals surface area contributed by atoms with Crippen molar-refractivity contribution in [1.82, 2.24) is 40.5 Å². The largest absolute Gasteiger partial charge is 0.460 e. The van der Waals surface area contributed by atoms with E-state index in [1.54, 1.807) is 54.5 Å². The van der Waals surface area contributed by atoms with Crippen LogP contribution >= 0.6 is 0 Å². The van der Waals surface area contributed by atoms with Gasteiger partial charge in [0.15, 0.2) is 11.6 Å². The SMILES string of the molecule is CC1=C\C(O)CC(F)Cc2nc(co2)C(=O)N2CCCC2C(=O)OC(C(C)C)C(CC(=O)NCCn2cc(-c3cccnc3)nn2)/C=C/C(=O)NC\C=C\1. The number of nitrogens with zero attached hydrogens (tertiary/aromatic N) is 6. The molecule has 0 aromatic carbocycles. The van der Waals surface area contributed by atoms with Crippen LogP contribution in [0.5, 0.6) is 0 Å². The molecule has 2 aliphatic rings. The van der Waals surface area contributed by atoms with E-state index in [2.05, 4.69) is 30.9 Å². The van der Waals surface area contributed by atoms with Crippen molar-refractivity contribution in [2.45, 2.75) is 83.8 Å². The number of fused-ring (bicyclic) bond motifs is 3. The van der Waals surface area contributed by atoms with Gasteiger partial charge in [-0.3, -0.25) is 24.0 Å². The second-order valence-corrected chi connectivity index (χ2v) is 13.8. The summed E-state index contributed by atoms with van der Waals surface area (Å²) in [6, 6.07) is 2.75. The molecule has 54 heavy (non-hydrogen) atoms. The Bertz CT molecular complexity index is 1840. The number of aliphatic hydroxyl groups excluding tert-OH is 1. The summed E-state index contributed by atoms with van der Waals surface area (Å²) < 4.78 is 27.9. The Kier molecular flexibility index (Phi) is 14.0. The number of amides is 3. The van der Waals surface area contributed by atoms with E-state index >= 15 is 0 Å². The van der Waals surface area contributed by atoms with Crippen LogP contribution in [0.4, 0.5) is 4.39 Å². The molecule has 1 fully saturated rings. The molecule has 0 aliphatic carbocycles. The molecule has 5 unspecified atom stereocenters. The van der Waals surface area contributed by atoms with Gasteiger partial charge in [0.2, 0.25) is 11.8 Å². The third-order valence-corrected chi connectivity index (χ3v) is 9.09. The lowest BCUT2D eigenvalue weighted by Crippen LogP contribution is -2.44. The molecule has 3 amide bonds. The first-order valence-corrected chi connectivity index (χ1v) is 18.1. The normalized spacial score (nSPS) is 25.6. The van der Waals surface area contributed by atoms with Gasteiger partial charge in [0.05, 0.1) is 25.3 Å². The molecule has 3 N–H and O–H groups in total. The number of ether oxygens (including phenoxy) is 1. The molecular weight excluding hydrogens is 699 g/mol. The van der Waals surface area contributed by atoms with E-state index in [-0.39, 0.29) is 62.3 Å². The van der Waals surface area contributed by atoms with Crippen LogP contribution in [0.15, 0.2) is 77.4 Å². The van der Waals surface area contributed by atoms with Crippen LogP contribution in [0, 0.1) is 11.8 Å². The van der Waals surface area contributed by atoms with Crippen LogP contribution in [0.25, 0.3) is 11.3 Å². The molecule has 3 aromatic heterocycles. The number of hydrogen-bond donors (Lipinski definition) is 3. The summed E-state index contributed by atoms with van der Waals surface area (Å²) in [5, 5.41) is 24.3. The summed E-state index contributed by atoms with van der Waals surface area (Å²) in [6.45, 7) is 6.44. The van der Waals surface area contributed by atoms with Crippen molar-refractivity contribution in [3.63, 3.8) is 0 Å². The summed E-state index contributed by atoms with van der Waals surface area (Å²) in [4.78, 5) is 63.1. The molecule has 5 atom stereocenters. The lowest BCUT2D eigenvalue weighted by molar-refractivity contribution is -0.159. The van der Waals surface area contributed by atoms with Gasteiger partial charge in [-0.15, -0.1) is 5.10 Å². The van der Waals surface area contributed by atoms with E-state index in [9.17, 15) is 28.7 Å². The number of rotatable bonds is 7. The van der Waals surface area contributed by atoms with Crippen LogP contribution in [-0.2, 0) is 32.1 Å². The summed E-state index contributed by atoms with van der Waals surface area (Å²) in [5.74, 6) is -2.96. The van der Waals surface area contributed by atoms with Gasteiger partial charge in [0.1, 0.15) is 30.3 Å². The van der Waals surface area contributed by atoms with E-state index in [1.807, 2.05) is 19.9 Å². The molecule has 2 aliphatic heterocycles. The Balaban J connectivity index is 1.32. The third kappa shape index (κ3) is 11.2. The third-order valence-electron chi connectivity index (χ3n) is 9.09. The van der Waals surface area contributed by atoms with Gasteiger partial charge in [-0.25, -0.2) is 14.2 Å². The molecular formula is C38H47FN8O7. The number of cyclic esters (lactones) is 1. The number of pyridine rings is 1. The fourth-order valence-corrected chi connectivity index (χ4v) is 6.42. The lowest BCUT2D eigenvalue weighted by atomic mass is 9.89. The fourth-order valence-electron chi connectivity index (χ4n) is 6.42. The predicted molar refractivity (Wildman–Crippen MR) is 194 cm³/mol.